The second-order valence-electron chi connectivity index (χ2n) is 9.64. The zero-order valence-corrected chi connectivity index (χ0v) is 20.1. The molecule has 3 unspecified atom stereocenters. The van der Waals surface area contributed by atoms with E-state index in [0.717, 1.165) is 12.1 Å². The number of nitrogens with zero attached hydrogens (tertiary/aromatic N) is 1. The summed E-state index contributed by atoms with van der Waals surface area (Å²) >= 11 is 0. The molecule has 0 aliphatic carbocycles. The fourth-order valence-corrected chi connectivity index (χ4v) is 5.74. The molecular formula is C27H20F6N2O4. The Labute approximate surface area is 217 Å². The van der Waals surface area contributed by atoms with E-state index in [0.29, 0.717) is 23.4 Å². The van der Waals surface area contributed by atoms with Gasteiger partial charge in [-0.15, -0.1) is 0 Å². The third kappa shape index (κ3) is 4.10. The number of carbonyl (C=O) groups is 2. The van der Waals surface area contributed by atoms with Gasteiger partial charge >= 0.3 is 12.4 Å². The number of hydrogen-bond donors (Lipinski definition) is 3. The predicted molar refractivity (Wildman–Crippen MR) is 126 cm³/mol. The number of fused-ring (bicyclic) bond motifs is 2. The van der Waals surface area contributed by atoms with Crippen LogP contribution in [0.1, 0.15) is 38.5 Å². The normalized spacial score (nSPS) is 23.2. The lowest BCUT2D eigenvalue weighted by molar-refractivity contribution is -0.143. The second kappa shape index (κ2) is 8.73. The third-order valence-electron chi connectivity index (χ3n) is 7.44. The number of phenolic OH excluding ortho intramolecular Hbond substituents is 2. The van der Waals surface area contributed by atoms with Crippen LogP contribution in [-0.4, -0.2) is 40.4 Å². The Balaban J connectivity index is 1.76. The number of ketones is 1. The average molecular weight is 550 g/mol. The van der Waals surface area contributed by atoms with Crippen LogP contribution in [0.5, 0.6) is 11.5 Å². The number of anilines is 1. The molecule has 0 aromatic heterocycles. The fourth-order valence-electron chi connectivity index (χ4n) is 5.74. The van der Waals surface area contributed by atoms with Crippen molar-refractivity contribution in [3.8, 4) is 11.5 Å². The van der Waals surface area contributed by atoms with Gasteiger partial charge in [0.15, 0.2) is 17.3 Å². The lowest BCUT2D eigenvalue weighted by Gasteiger charge is -2.35. The minimum atomic E-state index is -5.18. The summed E-state index contributed by atoms with van der Waals surface area (Å²) in [6.07, 6.45) is -10.4. The van der Waals surface area contributed by atoms with Gasteiger partial charge in [-0.25, -0.2) is 0 Å². The number of para-hydroxylation sites is 1. The van der Waals surface area contributed by atoms with Crippen LogP contribution in [0.2, 0.25) is 0 Å². The molecule has 1 fully saturated rings. The van der Waals surface area contributed by atoms with E-state index in [-0.39, 0.29) is 18.2 Å². The lowest BCUT2D eigenvalue weighted by atomic mass is 9.70. The highest BCUT2D eigenvalue weighted by Crippen LogP contribution is 2.56. The largest absolute Gasteiger partial charge is 0.504 e. The van der Waals surface area contributed by atoms with Crippen LogP contribution < -0.4 is 5.32 Å². The van der Waals surface area contributed by atoms with Crippen molar-refractivity contribution >= 4 is 17.4 Å². The van der Waals surface area contributed by atoms with Crippen LogP contribution in [0.4, 0.5) is 32.0 Å². The monoisotopic (exact) mass is 550 g/mol. The molecule has 3 atom stereocenters. The number of nitrogens with one attached hydrogen (secondary N) is 1. The van der Waals surface area contributed by atoms with Crippen LogP contribution in [0.3, 0.4) is 0 Å². The van der Waals surface area contributed by atoms with E-state index in [1.165, 1.54) is 18.0 Å². The molecule has 6 nitrogen and oxygen atoms in total. The van der Waals surface area contributed by atoms with Crippen molar-refractivity contribution in [2.45, 2.75) is 23.8 Å². The van der Waals surface area contributed by atoms with Crippen LogP contribution in [-0.2, 0) is 22.7 Å². The molecule has 204 valence electrons. The SMILES string of the molecule is CN1CC(c2ccc(O)c(O)c2)C(C(=O)c2cc(C(F)(F)F)cc(C(F)(F)F)c2)C12C(=O)Nc1ccccc12. The van der Waals surface area contributed by atoms with E-state index in [4.69, 9.17) is 0 Å². The molecule has 2 aliphatic rings. The van der Waals surface area contributed by atoms with E-state index < -0.39 is 69.6 Å². The van der Waals surface area contributed by atoms with Gasteiger partial charge in [0, 0.05) is 29.3 Å². The number of likely N-dealkylation sites (N-methyl/N-ethyl adjacent to an activating group) is 1. The number of phenols is 2. The Morgan fingerprint density at radius 3 is 2.13 bits per heavy atom. The molecule has 12 heteroatoms. The van der Waals surface area contributed by atoms with E-state index in [1.807, 2.05) is 0 Å². The first-order valence-electron chi connectivity index (χ1n) is 11.6. The van der Waals surface area contributed by atoms with Gasteiger partial charge in [0.2, 0.25) is 5.91 Å². The minimum absolute atomic E-state index is 0.0204. The molecule has 39 heavy (non-hydrogen) atoms. The summed E-state index contributed by atoms with van der Waals surface area (Å²) in [5.41, 5.74) is -5.01. The Kier molecular flexibility index (Phi) is 5.94. The molecule has 0 radical (unpaired) electrons. The van der Waals surface area contributed by atoms with Gasteiger partial charge in [-0.2, -0.15) is 26.3 Å². The number of Topliss-reactive ketones (excluding diaryl/α,β-unsaturated/α-hetero) is 1. The number of alkyl halides is 6. The van der Waals surface area contributed by atoms with E-state index in [1.54, 1.807) is 24.3 Å². The molecule has 0 bridgehead atoms. The number of rotatable bonds is 3. The van der Waals surface area contributed by atoms with Gasteiger partial charge in [0.25, 0.3) is 0 Å². The van der Waals surface area contributed by atoms with E-state index in [9.17, 15) is 46.1 Å². The summed E-state index contributed by atoms with van der Waals surface area (Å²) in [5.74, 6) is -5.26. The number of aromatic hydroxyl groups is 2. The Morgan fingerprint density at radius 1 is 0.923 bits per heavy atom. The Morgan fingerprint density at radius 2 is 1.54 bits per heavy atom. The summed E-state index contributed by atoms with van der Waals surface area (Å²) in [4.78, 5) is 29.3. The van der Waals surface area contributed by atoms with Crippen molar-refractivity contribution in [3.63, 3.8) is 0 Å². The topological polar surface area (TPSA) is 89.9 Å². The van der Waals surface area contributed by atoms with Gasteiger partial charge in [0.1, 0.15) is 5.54 Å². The highest BCUT2D eigenvalue weighted by Gasteiger charge is 2.64. The molecule has 3 aromatic rings. The summed E-state index contributed by atoms with van der Waals surface area (Å²) < 4.78 is 81.7. The first-order chi connectivity index (χ1) is 18.2. The van der Waals surface area contributed by atoms with Crippen molar-refractivity contribution in [2.75, 3.05) is 18.9 Å². The smallest absolute Gasteiger partial charge is 0.416 e. The second-order valence-corrected chi connectivity index (χ2v) is 9.64. The van der Waals surface area contributed by atoms with E-state index in [2.05, 4.69) is 5.32 Å². The zero-order chi connectivity index (χ0) is 28.5. The van der Waals surface area contributed by atoms with Gasteiger partial charge in [-0.1, -0.05) is 24.3 Å². The molecule has 2 heterocycles. The van der Waals surface area contributed by atoms with Crippen LogP contribution in [0.15, 0.2) is 60.7 Å². The van der Waals surface area contributed by atoms with Gasteiger partial charge in [-0.05, 0) is 49.0 Å². The lowest BCUT2D eigenvalue weighted by Crippen LogP contribution is -2.51. The molecule has 0 saturated carbocycles. The number of halogens is 6. The Hall–Kier alpha value is -4.06. The predicted octanol–water partition coefficient (Wildman–Crippen LogP) is 5.51. The first kappa shape index (κ1) is 26.5. The number of likely N-dealkylation sites (tertiary alicyclic amines) is 1. The maximum absolute atomic E-state index is 14.1. The van der Waals surface area contributed by atoms with Crippen LogP contribution in [0.25, 0.3) is 0 Å². The maximum atomic E-state index is 14.1. The summed E-state index contributed by atoms with van der Waals surface area (Å²) in [6, 6.07) is 10.7. The molecule has 1 saturated heterocycles. The molecular weight excluding hydrogens is 530 g/mol. The highest BCUT2D eigenvalue weighted by molar-refractivity contribution is 6.12. The number of amides is 1. The zero-order valence-electron chi connectivity index (χ0n) is 20.1. The third-order valence-corrected chi connectivity index (χ3v) is 7.44. The molecule has 1 spiro atoms. The van der Waals surface area contributed by atoms with Crippen LogP contribution in [0, 0.1) is 5.92 Å². The maximum Gasteiger partial charge on any atom is 0.416 e. The summed E-state index contributed by atoms with van der Waals surface area (Å²) in [5, 5.41) is 22.6. The molecule has 2 aliphatic heterocycles. The van der Waals surface area contributed by atoms with Gasteiger partial charge < -0.3 is 15.5 Å². The molecule has 5 rings (SSSR count). The number of hydrogen-bond acceptors (Lipinski definition) is 5. The summed E-state index contributed by atoms with van der Waals surface area (Å²) in [7, 11) is 1.52. The molecule has 3 aromatic carbocycles. The van der Waals surface area contributed by atoms with Gasteiger partial charge in [0.05, 0.1) is 17.0 Å². The standard InChI is InChI=1S/C27H20F6N2O4/c1-35-12-17(13-6-7-20(36)21(37)10-13)22(25(35)18-4-2-3-5-19(18)34-24(25)39)23(38)14-8-15(26(28,29)30)11-16(9-14)27(31,32)33/h2-11,17,22,36-37H,12H2,1H3,(H,34,39). The van der Waals surface area contributed by atoms with Crippen molar-refractivity contribution in [2.24, 2.45) is 5.92 Å². The van der Waals surface area contributed by atoms with Crippen molar-refractivity contribution in [1.29, 1.82) is 0 Å². The average Bonchev–Trinajstić information content (AvgIpc) is 3.33. The van der Waals surface area contributed by atoms with Crippen molar-refractivity contribution in [1.82, 2.24) is 4.90 Å². The quantitative estimate of drug-likeness (QED) is 0.227. The van der Waals surface area contributed by atoms with Crippen molar-refractivity contribution < 1.29 is 46.1 Å². The first-order valence-corrected chi connectivity index (χ1v) is 11.6. The summed E-state index contributed by atoms with van der Waals surface area (Å²) in [6.45, 7) is -0.0204. The number of carbonyl (C=O) groups excluding carboxylic acids is 2. The van der Waals surface area contributed by atoms with Crippen molar-refractivity contribution in [3.05, 3.63) is 88.5 Å². The fraction of sp³-hybridized carbons (Fsp3) is 0.259. The highest BCUT2D eigenvalue weighted by atomic mass is 19.4. The number of benzene rings is 3. The molecule has 3 N–H and O–H groups in total. The van der Waals surface area contributed by atoms with E-state index >= 15 is 0 Å². The Bertz CT molecular complexity index is 1470. The van der Waals surface area contributed by atoms with Crippen LogP contribution >= 0.6 is 0 Å². The van der Waals surface area contributed by atoms with Gasteiger partial charge in [-0.3, -0.25) is 14.5 Å². The minimum Gasteiger partial charge on any atom is -0.504 e. The molecule has 1 amide bonds.